The first-order chi connectivity index (χ1) is 13.9. The number of para-hydroxylation sites is 1. The van der Waals surface area contributed by atoms with E-state index in [0.29, 0.717) is 0 Å². The van der Waals surface area contributed by atoms with E-state index in [9.17, 15) is 0 Å². The second kappa shape index (κ2) is 7.05. The van der Waals surface area contributed by atoms with E-state index in [1.54, 1.807) is 0 Å². The molecule has 3 nitrogen and oxygen atoms in total. The van der Waals surface area contributed by atoms with Gasteiger partial charge < -0.3 is 0 Å². The molecule has 0 aliphatic rings. The lowest BCUT2D eigenvalue weighted by atomic mass is 10.00. The summed E-state index contributed by atoms with van der Waals surface area (Å²) in [6.07, 6.45) is 3.65. The highest BCUT2D eigenvalue weighted by molar-refractivity contribution is 5.93. The first-order valence-corrected chi connectivity index (χ1v) is 9.21. The maximum Gasteiger partial charge on any atom is 0.159 e. The molecule has 0 atom stereocenters. The van der Waals surface area contributed by atoms with E-state index in [0.717, 1.165) is 44.7 Å². The van der Waals surface area contributed by atoms with Crippen molar-refractivity contribution in [2.75, 3.05) is 0 Å². The Bertz CT molecular complexity index is 1240. The monoisotopic (exact) mass is 359 g/mol. The van der Waals surface area contributed by atoms with Crippen LogP contribution in [0.2, 0.25) is 0 Å². The summed E-state index contributed by atoms with van der Waals surface area (Å²) in [4.78, 5) is 13.7. The molecule has 0 spiro atoms. The molecule has 0 saturated heterocycles. The van der Waals surface area contributed by atoms with Crippen LogP contribution in [-0.4, -0.2) is 15.0 Å². The Labute approximate surface area is 163 Å². The van der Waals surface area contributed by atoms with Crippen molar-refractivity contribution in [3.63, 3.8) is 0 Å². The van der Waals surface area contributed by atoms with Gasteiger partial charge in [0.2, 0.25) is 0 Å². The first kappa shape index (κ1) is 16.3. The summed E-state index contributed by atoms with van der Waals surface area (Å²) < 4.78 is 0. The van der Waals surface area contributed by atoms with E-state index in [1.807, 2.05) is 54.9 Å². The van der Waals surface area contributed by atoms with Crippen LogP contribution >= 0.6 is 0 Å². The van der Waals surface area contributed by atoms with Gasteiger partial charge in [0.15, 0.2) is 5.82 Å². The average Bonchev–Trinajstić information content (AvgIpc) is 2.79. The van der Waals surface area contributed by atoms with Crippen molar-refractivity contribution in [1.29, 1.82) is 0 Å². The summed E-state index contributed by atoms with van der Waals surface area (Å²) in [7, 11) is 0. The number of rotatable bonds is 3. The summed E-state index contributed by atoms with van der Waals surface area (Å²) in [5.74, 6) is 0.737. The number of aromatic nitrogens is 3. The summed E-state index contributed by atoms with van der Waals surface area (Å²) in [5.41, 5.74) is 6.30. The van der Waals surface area contributed by atoms with Crippen LogP contribution < -0.4 is 0 Å². The molecule has 132 valence electrons. The van der Waals surface area contributed by atoms with Crippen molar-refractivity contribution >= 4 is 10.9 Å². The van der Waals surface area contributed by atoms with Crippen LogP contribution in [0.4, 0.5) is 0 Å². The molecule has 2 aromatic heterocycles. The molecule has 5 aromatic rings. The number of hydrogen-bond donors (Lipinski definition) is 0. The zero-order valence-electron chi connectivity index (χ0n) is 15.2. The predicted molar refractivity (Wildman–Crippen MR) is 114 cm³/mol. The van der Waals surface area contributed by atoms with E-state index in [4.69, 9.17) is 4.98 Å². The Hall–Kier alpha value is -3.85. The molecule has 2 heterocycles. The molecular formula is C25H17N3. The molecule has 0 aliphatic heterocycles. The molecule has 0 aliphatic carbocycles. The molecule has 0 saturated carbocycles. The van der Waals surface area contributed by atoms with Gasteiger partial charge in [0, 0.05) is 34.5 Å². The maximum atomic E-state index is 4.74. The lowest BCUT2D eigenvalue weighted by Crippen LogP contribution is -1.91. The lowest BCUT2D eigenvalue weighted by Gasteiger charge is -2.08. The minimum absolute atomic E-state index is 0.737. The lowest BCUT2D eigenvalue weighted by molar-refractivity contribution is 1.18. The van der Waals surface area contributed by atoms with E-state index in [2.05, 4.69) is 58.5 Å². The van der Waals surface area contributed by atoms with Crippen molar-refractivity contribution in [1.82, 2.24) is 15.0 Å². The largest absolute Gasteiger partial charge is 0.256 e. The molecule has 28 heavy (non-hydrogen) atoms. The fourth-order valence-electron chi connectivity index (χ4n) is 3.40. The second-order valence-corrected chi connectivity index (χ2v) is 6.59. The van der Waals surface area contributed by atoms with Gasteiger partial charge in [-0.05, 0) is 17.7 Å². The Kier molecular flexibility index (Phi) is 4.11. The maximum absolute atomic E-state index is 4.74. The van der Waals surface area contributed by atoms with Crippen LogP contribution in [0, 0.1) is 0 Å². The predicted octanol–water partition coefficient (Wildman–Crippen LogP) is 6.03. The number of fused-ring (bicyclic) bond motifs is 1. The minimum Gasteiger partial charge on any atom is -0.256 e. The molecule has 0 bridgehead atoms. The Morgan fingerprint density at radius 2 is 1.29 bits per heavy atom. The van der Waals surface area contributed by atoms with Crippen LogP contribution in [0.25, 0.3) is 44.7 Å². The smallest absolute Gasteiger partial charge is 0.159 e. The van der Waals surface area contributed by atoms with Gasteiger partial charge in [-0.3, -0.25) is 4.98 Å². The fourth-order valence-corrected chi connectivity index (χ4v) is 3.40. The van der Waals surface area contributed by atoms with E-state index >= 15 is 0 Å². The number of benzene rings is 3. The fraction of sp³-hybridized carbons (Fsp3) is 0. The van der Waals surface area contributed by atoms with Crippen LogP contribution in [0.3, 0.4) is 0 Å². The van der Waals surface area contributed by atoms with E-state index < -0.39 is 0 Å². The van der Waals surface area contributed by atoms with Gasteiger partial charge in [-0.2, -0.15) is 0 Å². The van der Waals surface area contributed by atoms with Crippen molar-refractivity contribution in [3.8, 4) is 33.8 Å². The van der Waals surface area contributed by atoms with Gasteiger partial charge in [-0.1, -0.05) is 78.9 Å². The number of pyridine rings is 1. The zero-order valence-corrected chi connectivity index (χ0v) is 15.2. The molecule has 0 N–H and O–H groups in total. The van der Waals surface area contributed by atoms with Crippen molar-refractivity contribution in [2.24, 2.45) is 0 Å². The molecule has 0 radical (unpaired) electrons. The summed E-state index contributed by atoms with van der Waals surface area (Å²) in [5, 5.41) is 1.15. The van der Waals surface area contributed by atoms with E-state index in [1.165, 1.54) is 0 Å². The van der Waals surface area contributed by atoms with Crippen molar-refractivity contribution in [3.05, 3.63) is 103 Å². The van der Waals surface area contributed by atoms with Crippen LogP contribution in [0.1, 0.15) is 0 Å². The minimum atomic E-state index is 0.737. The first-order valence-electron chi connectivity index (χ1n) is 9.21. The van der Waals surface area contributed by atoms with Gasteiger partial charge in [-0.25, -0.2) is 9.97 Å². The standard InChI is InChI=1S/C25H17N3/c1-2-6-21(7-3-1)25-27-17-15-23(28-25)19-13-11-18(12-14-19)22-10-4-8-20-9-5-16-26-24(20)22/h1-17H. The van der Waals surface area contributed by atoms with Crippen molar-refractivity contribution < 1.29 is 0 Å². The third-order valence-electron chi connectivity index (χ3n) is 4.81. The quantitative estimate of drug-likeness (QED) is 0.395. The summed E-state index contributed by atoms with van der Waals surface area (Å²) in [6.45, 7) is 0. The Balaban J connectivity index is 1.52. The van der Waals surface area contributed by atoms with Gasteiger partial charge >= 0.3 is 0 Å². The van der Waals surface area contributed by atoms with E-state index in [-0.39, 0.29) is 0 Å². The highest BCUT2D eigenvalue weighted by atomic mass is 14.9. The Morgan fingerprint density at radius 1 is 0.500 bits per heavy atom. The third-order valence-corrected chi connectivity index (χ3v) is 4.81. The Morgan fingerprint density at radius 3 is 2.14 bits per heavy atom. The molecule has 3 aromatic carbocycles. The zero-order chi connectivity index (χ0) is 18.8. The van der Waals surface area contributed by atoms with Crippen LogP contribution in [-0.2, 0) is 0 Å². The highest BCUT2D eigenvalue weighted by Gasteiger charge is 2.07. The number of hydrogen-bond acceptors (Lipinski definition) is 3. The molecule has 3 heteroatoms. The highest BCUT2D eigenvalue weighted by Crippen LogP contribution is 2.29. The topological polar surface area (TPSA) is 38.7 Å². The van der Waals surface area contributed by atoms with Crippen LogP contribution in [0.15, 0.2) is 103 Å². The van der Waals surface area contributed by atoms with Crippen LogP contribution in [0.5, 0.6) is 0 Å². The van der Waals surface area contributed by atoms with Gasteiger partial charge in [0.1, 0.15) is 0 Å². The van der Waals surface area contributed by atoms with Crippen molar-refractivity contribution in [2.45, 2.75) is 0 Å². The second-order valence-electron chi connectivity index (χ2n) is 6.59. The van der Waals surface area contributed by atoms with Gasteiger partial charge in [0.05, 0.1) is 11.2 Å². The SMILES string of the molecule is c1ccc(-c2nccc(-c3ccc(-c4cccc5cccnc45)cc3)n2)cc1. The molecule has 0 amide bonds. The third kappa shape index (κ3) is 3.03. The summed E-state index contributed by atoms with van der Waals surface area (Å²) >= 11 is 0. The number of nitrogens with zero attached hydrogens (tertiary/aromatic N) is 3. The molecule has 5 rings (SSSR count). The molecule has 0 fully saturated rings. The average molecular weight is 359 g/mol. The normalized spacial score (nSPS) is 10.9. The van der Waals surface area contributed by atoms with Gasteiger partial charge in [-0.15, -0.1) is 0 Å². The molecular weight excluding hydrogens is 342 g/mol. The summed E-state index contributed by atoms with van der Waals surface area (Å²) in [6, 6.07) is 30.8. The van der Waals surface area contributed by atoms with Gasteiger partial charge in [0.25, 0.3) is 0 Å². The molecule has 0 unspecified atom stereocenters.